The fourth-order valence-corrected chi connectivity index (χ4v) is 0.937. The molecule has 0 fully saturated rings. The summed E-state index contributed by atoms with van der Waals surface area (Å²) in [6, 6.07) is 0. The summed E-state index contributed by atoms with van der Waals surface area (Å²) in [7, 11) is -1.98. The summed E-state index contributed by atoms with van der Waals surface area (Å²) >= 11 is 0. The van der Waals surface area contributed by atoms with Crippen LogP contribution >= 0.6 is 7.26 Å². The van der Waals surface area contributed by atoms with Crippen LogP contribution in [0.1, 0.15) is 13.8 Å². The van der Waals surface area contributed by atoms with Crippen LogP contribution in [-0.4, -0.2) is 42.6 Å². The molecule has 0 amide bonds. The van der Waals surface area contributed by atoms with E-state index in [0.717, 1.165) is 0 Å². The minimum atomic E-state index is -1.48. The quantitative estimate of drug-likeness (QED) is 0.447. The normalized spacial score (nSPS) is 15.2. The van der Waals surface area contributed by atoms with Crippen LogP contribution in [0, 0.1) is 0 Å². The van der Waals surface area contributed by atoms with Gasteiger partial charge in [0, 0.05) is 0 Å². The van der Waals surface area contributed by atoms with E-state index in [2.05, 4.69) is 0 Å². The standard InChI is InChI=1S/C6H16O2P.BO2/c1-5(7)9(3,4)6(2)8;2-1-3/h5-8H,1-4H3;/q+1;-1. The number of rotatable bonds is 2. The summed E-state index contributed by atoms with van der Waals surface area (Å²) in [5.41, 5.74) is 0. The summed E-state index contributed by atoms with van der Waals surface area (Å²) in [6.45, 7) is 7.37. The molecule has 0 aromatic heterocycles. The molecule has 0 rings (SSSR count). The van der Waals surface area contributed by atoms with Crippen molar-refractivity contribution in [2.75, 3.05) is 13.3 Å². The van der Waals surface area contributed by atoms with Crippen molar-refractivity contribution in [2.24, 2.45) is 0 Å². The fourth-order valence-electron chi connectivity index (χ4n) is 0.312. The van der Waals surface area contributed by atoms with Crippen molar-refractivity contribution in [3.63, 3.8) is 0 Å². The van der Waals surface area contributed by atoms with Gasteiger partial charge in [0.15, 0.2) is 11.7 Å². The fraction of sp³-hybridized carbons (Fsp3) is 1.00. The van der Waals surface area contributed by atoms with Gasteiger partial charge in [0.25, 0.3) is 0 Å². The zero-order valence-corrected chi connectivity index (χ0v) is 8.78. The third kappa shape index (κ3) is 5.64. The summed E-state index contributed by atoms with van der Waals surface area (Å²) in [4.78, 5) is 0. The van der Waals surface area contributed by atoms with Crippen LogP contribution < -0.4 is 5.02 Å². The van der Waals surface area contributed by atoms with E-state index < -0.39 is 14.6 Å². The maximum atomic E-state index is 9.14. The molecule has 0 heterocycles. The molecule has 2 unspecified atom stereocenters. The molecular formula is C6H16BO4P. The van der Waals surface area contributed by atoms with E-state index in [1.54, 1.807) is 13.8 Å². The molecule has 0 aliphatic heterocycles. The van der Waals surface area contributed by atoms with E-state index in [0.29, 0.717) is 0 Å². The average molecular weight is 194 g/mol. The van der Waals surface area contributed by atoms with Crippen LogP contribution in [0.3, 0.4) is 0 Å². The van der Waals surface area contributed by atoms with Crippen LogP contribution in [0.15, 0.2) is 0 Å². The Balaban J connectivity index is 0. The van der Waals surface area contributed by atoms with Crippen molar-refractivity contribution in [2.45, 2.75) is 25.5 Å². The summed E-state index contributed by atoms with van der Waals surface area (Å²) < 4.78 is 8.25. The van der Waals surface area contributed by atoms with Gasteiger partial charge in [-0.3, -0.25) is 0 Å². The average Bonchev–Trinajstić information content (AvgIpc) is 1.88. The van der Waals surface area contributed by atoms with E-state index >= 15 is 0 Å². The predicted molar refractivity (Wildman–Crippen MR) is 48.6 cm³/mol. The minimum absolute atomic E-state index is 0.350. The zero-order chi connectivity index (χ0) is 10.4. The first kappa shape index (κ1) is 14.5. The molecule has 6 heteroatoms. The first-order valence-electron chi connectivity index (χ1n) is 3.55. The number of aliphatic hydroxyl groups excluding tert-OH is 2. The van der Waals surface area contributed by atoms with E-state index in [1.165, 1.54) is 0 Å². The van der Waals surface area contributed by atoms with Crippen LogP contribution in [0.25, 0.3) is 0 Å². The Labute approximate surface area is 74.2 Å². The molecule has 72 valence electrons. The molecule has 0 aromatic carbocycles. The second-order valence-electron chi connectivity index (χ2n) is 2.99. The Hall–Kier alpha value is 0.0149. The molecule has 12 heavy (non-hydrogen) atoms. The molecule has 4 nitrogen and oxygen atoms in total. The molecule has 0 aliphatic rings. The van der Waals surface area contributed by atoms with Crippen molar-refractivity contribution in [3.8, 4) is 0 Å². The van der Waals surface area contributed by atoms with Crippen molar-refractivity contribution in [1.29, 1.82) is 0 Å². The van der Waals surface area contributed by atoms with Crippen molar-refractivity contribution >= 4 is 14.6 Å². The van der Waals surface area contributed by atoms with Gasteiger partial charge in [-0.05, 0) is 13.8 Å². The second-order valence-corrected chi connectivity index (χ2v) is 7.74. The number of aliphatic hydroxyl groups is 2. The van der Waals surface area contributed by atoms with Crippen LogP contribution in [-0.2, 0) is 4.70 Å². The summed E-state index contributed by atoms with van der Waals surface area (Å²) in [6.07, 6.45) is 0. The maximum absolute atomic E-state index is 9.14. The van der Waals surface area contributed by atoms with Gasteiger partial charge in [-0.1, -0.05) is 0 Å². The van der Waals surface area contributed by atoms with Gasteiger partial charge < -0.3 is 10.2 Å². The van der Waals surface area contributed by atoms with Crippen molar-refractivity contribution < 1.29 is 19.9 Å². The SMILES string of the molecule is CC(O)[P+](C)(C)C(C)O.O=B[O-]. The Morgan fingerprint density at radius 1 is 1.25 bits per heavy atom. The third-order valence-electron chi connectivity index (χ3n) is 1.93. The Morgan fingerprint density at radius 3 is 1.42 bits per heavy atom. The van der Waals surface area contributed by atoms with E-state index in [1.807, 2.05) is 13.3 Å². The molecule has 0 aromatic rings. The van der Waals surface area contributed by atoms with Crippen LogP contribution in [0.4, 0.5) is 0 Å². The van der Waals surface area contributed by atoms with E-state index in [9.17, 15) is 0 Å². The molecule has 2 N–H and O–H groups in total. The Morgan fingerprint density at radius 2 is 1.42 bits per heavy atom. The van der Waals surface area contributed by atoms with Crippen LogP contribution in [0.5, 0.6) is 0 Å². The van der Waals surface area contributed by atoms with Gasteiger partial charge in [-0.2, -0.15) is 0 Å². The first-order chi connectivity index (χ1) is 5.30. The molecule has 2 atom stereocenters. The van der Waals surface area contributed by atoms with Crippen molar-refractivity contribution in [3.05, 3.63) is 0 Å². The zero-order valence-electron chi connectivity index (χ0n) is 7.89. The topological polar surface area (TPSA) is 80.6 Å². The van der Waals surface area contributed by atoms with Crippen molar-refractivity contribution in [1.82, 2.24) is 0 Å². The third-order valence-corrected chi connectivity index (χ3v) is 5.78. The van der Waals surface area contributed by atoms with Gasteiger partial charge in [0.1, 0.15) is 0 Å². The van der Waals surface area contributed by atoms with Crippen LogP contribution in [0.2, 0.25) is 0 Å². The van der Waals surface area contributed by atoms with E-state index in [4.69, 9.17) is 19.9 Å². The van der Waals surface area contributed by atoms with E-state index in [-0.39, 0.29) is 11.7 Å². The second kappa shape index (κ2) is 6.52. The molecule has 0 saturated carbocycles. The first-order valence-corrected chi connectivity index (χ1v) is 6.37. The molecular weight excluding hydrogens is 178 g/mol. The Bertz CT molecular complexity index is 117. The van der Waals surface area contributed by atoms with Gasteiger partial charge >= 0.3 is 17.1 Å². The summed E-state index contributed by atoms with van der Waals surface area (Å²) in [5, 5.41) is 26.5. The molecule has 0 bridgehead atoms. The Kier molecular flexibility index (Phi) is 7.90. The molecule has 0 spiro atoms. The number of hydrogen-bond donors (Lipinski definition) is 2. The molecule has 0 radical (unpaired) electrons. The van der Waals surface area contributed by atoms with Gasteiger partial charge in [0.2, 0.25) is 0 Å². The van der Waals surface area contributed by atoms with Gasteiger partial charge in [-0.25, -0.2) is 0 Å². The predicted octanol–water partition coefficient (Wildman–Crippen LogP) is -0.748. The summed E-state index contributed by atoms with van der Waals surface area (Å²) in [5.74, 6) is -0.699. The molecule has 0 saturated heterocycles. The molecule has 0 aliphatic carbocycles. The monoisotopic (exact) mass is 194 g/mol. The van der Waals surface area contributed by atoms with Gasteiger partial charge in [-0.15, -0.1) is 0 Å². The van der Waals surface area contributed by atoms with Gasteiger partial charge in [0.05, 0.1) is 20.6 Å². The number of hydrogen-bond acceptors (Lipinski definition) is 4.